The van der Waals surface area contributed by atoms with Crippen LogP contribution in [0.3, 0.4) is 0 Å². The van der Waals surface area contributed by atoms with Crippen LogP contribution in [0.15, 0.2) is 18.2 Å². The summed E-state index contributed by atoms with van der Waals surface area (Å²) in [5, 5.41) is 3.01. The lowest BCUT2D eigenvalue weighted by Crippen LogP contribution is -2.52. The first-order chi connectivity index (χ1) is 8.76. The minimum Gasteiger partial charge on any atom is -0.348 e. The van der Waals surface area contributed by atoms with Crippen LogP contribution < -0.4 is 11.1 Å². The van der Waals surface area contributed by atoms with Crippen molar-refractivity contribution in [3.63, 3.8) is 0 Å². The summed E-state index contributed by atoms with van der Waals surface area (Å²) < 4.78 is 0. The second-order valence-electron chi connectivity index (χ2n) is 5.78. The second kappa shape index (κ2) is 6.20. The van der Waals surface area contributed by atoms with Gasteiger partial charge in [0.25, 0.3) is 0 Å². The van der Waals surface area contributed by atoms with Crippen LogP contribution in [0.25, 0.3) is 0 Å². The topological polar surface area (TPSA) is 55.1 Å². The summed E-state index contributed by atoms with van der Waals surface area (Å²) in [6.07, 6.45) is 1.59. The smallest absolute Gasteiger partial charge is 0.240 e. The Bertz CT molecular complexity index is 432. The number of nitrogens with two attached hydrogens (primary N) is 1. The van der Waals surface area contributed by atoms with Gasteiger partial charge in [0, 0.05) is 0 Å². The molecule has 0 aliphatic heterocycles. The standard InChI is InChI=1S/C16H26N2O/c1-6-7-16(5,17)15(19)18-13(4)14-9-11(2)8-12(3)10-14/h8-10,13H,6-7,17H2,1-5H3,(H,18,19). The molecule has 0 saturated heterocycles. The monoisotopic (exact) mass is 262 g/mol. The lowest BCUT2D eigenvalue weighted by atomic mass is 9.95. The molecule has 2 atom stereocenters. The fourth-order valence-corrected chi connectivity index (χ4v) is 2.34. The minimum absolute atomic E-state index is 0.0224. The number of hydrogen-bond acceptors (Lipinski definition) is 2. The Balaban J connectivity index is 2.79. The van der Waals surface area contributed by atoms with Gasteiger partial charge in [0.1, 0.15) is 0 Å². The van der Waals surface area contributed by atoms with E-state index in [4.69, 9.17) is 5.73 Å². The zero-order valence-electron chi connectivity index (χ0n) is 12.7. The first-order valence-corrected chi connectivity index (χ1v) is 6.94. The van der Waals surface area contributed by atoms with Crippen LogP contribution in [0.2, 0.25) is 0 Å². The van der Waals surface area contributed by atoms with E-state index in [0.717, 1.165) is 12.0 Å². The zero-order chi connectivity index (χ0) is 14.6. The van der Waals surface area contributed by atoms with Crippen LogP contribution in [0.5, 0.6) is 0 Å². The van der Waals surface area contributed by atoms with Crippen molar-refractivity contribution in [2.45, 2.75) is 59.0 Å². The summed E-state index contributed by atoms with van der Waals surface area (Å²) in [5.41, 5.74) is 8.80. The van der Waals surface area contributed by atoms with Crippen molar-refractivity contribution < 1.29 is 4.79 Å². The third kappa shape index (κ3) is 4.35. The average Bonchev–Trinajstić information content (AvgIpc) is 2.27. The Kier molecular flexibility index (Phi) is 5.12. The van der Waals surface area contributed by atoms with E-state index >= 15 is 0 Å². The van der Waals surface area contributed by atoms with Crippen molar-refractivity contribution in [3.8, 4) is 0 Å². The first kappa shape index (κ1) is 15.7. The highest BCUT2D eigenvalue weighted by Gasteiger charge is 2.28. The van der Waals surface area contributed by atoms with Gasteiger partial charge in [-0.1, -0.05) is 42.7 Å². The number of nitrogens with one attached hydrogen (secondary N) is 1. The van der Waals surface area contributed by atoms with Gasteiger partial charge in [-0.3, -0.25) is 4.79 Å². The molecule has 2 unspecified atom stereocenters. The van der Waals surface area contributed by atoms with Crippen LogP contribution in [0, 0.1) is 13.8 Å². The van der Waals surface area contributed by atoms with Gasteiger partial charge in [0.05, 0.1) is 11.6 Å². The maximum absolute atomic E-state index is 12.2. The Labute approximate surface area is 116 Å². The molecule has 0 bridgehead atoms. The summed E-state index contributed by atoms with van der Waals surface area (Å²) in [7, 11) is 0. The van der Waals surface area contributed by atoms with E-state index in [1.54, 1.807) is 6.92 Å². The first-order valence-electron chi connectivity index (χ1n) is 6.94. The predicted octanol–water partition coefficient (Wildman–Crippen LogP) is 3.00. The third-order valence-electron chi connectivity index (χ3n) is 3.38. The summed E-state index contributed by atoms with van der Waals surface area (Å²) in [6, 6.07) is 6.31. The molecular formula is C16H26N2O. The number of benzene rings is 1. The molecule has 3 N–H and O–H groups in total. The van der Waals surface area contributed by atoms with E-state index in [9.17, 15) is 4.79 Å². The Morgan fingerprint density at radius 3 is 2.32 bits per heavy atom. The lowest BCUT2D eigenvalue weighted by Gasteiger charge is -2.26. The number of amides is 1. The Morgan fingerprint density at radius 1 is 1.32 bits per heavy atom. The fraction of sp³-hybridized carbons (Fsp3) is 0.562. The number of aryl methyl sites for hydroxylation is 2. The molecule has 106 valence electrons. The van der Waals surface area contributed by atoms with Crippen molar-refractivity contribution in [1.82, 2.24) is 5.32 Å². The van der Waals surface area contributed by atoms with Gasteiger partial charge in [-0.15, -0.1) is 0 Å². The van der Waals surface area contributed by atoms with E-state index in [1.165, 1.54) is 11.1 Å². The number of carbonyl (C=O) groups is 1. The summed E-state index contributed by atoms with van der Waals surface area (Å²) in [6.45, 7) is 9.95. The normalized spacial score (nSPS) is 15.7. The molecule has 3 nitrogen and oxygen atoms in total. The number of hydrogen-bond donors (Lipinski definition) is 2. The highest BCUT2D eigenvalue weighted by molar-refractivity contribution is 5.85. The van der Waals surface area contributed by atoms with Gasteiger partial charge < -0.3 is 11.1 Å². The zero-order valence-corrected chi connectivity index (χ0v) is 12.7. The van der Waals surface area contributed by atoms with Gasteiger partial charge in [-0.05, 0) is 39.7 Å². The third-order valence-corrected chi connectivity index (χ3v) is 3.38. The van der Waals surface area contributed by atoms with Gasteiger partial charge in [0.2, 0.25) is 5.91 Å². The molecule has 0 spiro atoms. The van der Waals surface area contributed by atoms with Gasteiger partial charge in [-0.25, -0.2) is 0 Å². The largest absolute Gasteiger partial charge is 0.348 e. The highest BCUT2D eigenvalue weighted by Crippen LogP contribution is 2.18. The van der Waals surface area contributed by atoms with E-state index in [2.05, 4.69) is 37.4 Å². The Hall–Kier alpha value is -1.35. The maximum Gasteiger partial charge on any atom is 0.240 e. The quantitative estimate of drug-likeness (QED) is 0.857. The molecule has 0 aliphatic carbocycles. The molecule has 0 radical (unpaired) electrons. The van der Waals surface area contributed by atoms with E-state index in [0.29, 0.717) is 6.42 Å². The average molecular weight is 262 g/mol. The number of rotatable bonds is 5. The van der Waals surface area contributed by atoms with E-state index in [1.807, 2.05) is 13.8 Å². The molecule has 1 amide bonds. The van der Waals surface area contributed by atoms with Crippen LogP contribution in [-0.2, 0) is 4.79 Å². The molecule has 1 rings (SSSR count). The lowest BCUT2D eigenvalue weighted by molar-refractivity contribution is -0.126. The van der Waals surface area contributed by atoms with Crippen molar-refractivity contribution in [1.29, 1.82) is 0 Å². The Morgan fingerprint density at radius 2 is 1.84 bits per heavy atom. The van der Waals surface area contributed by atoms with Crippen LogP contribution in [-0.4, -0.2) is 11.4 Å². The van der Waals surface area contributed by atoms with E-state index in [-0.39, 0.29) is 11.9 Å². The molecule has 1 aromatic carbocycles. The van der Waals surface area contributed by atoms with Crippen LogP contribution in [0.1, 0.15) is 56.3 Å². The van der Waals surface area contributed by atoms with Gasteiger partial charge >= 0.3 is 0 Å². The molecule has 0 fully saturated rings. The van der Waals surface area contributed by atoms with E-state index < -0.39 is 5.54 Å². The maximum atomic E-state index is 12.2. The van der Waals surface area contributed by atoms with Gasteiger partial charge in [-0.2, -0.15) is 0 Å². The SMILES string of the molecule is CCCC(C)(N)C(=O)NC(C)c1cc(C)cc(C)c1. The molecule has 19 heavy (non-hydrogen) atoms. The molecule has 0 heterocycles. The van der Waals surface area contributed by atoms with Crippen molar-refractivity contribution in [2.24, 2.45) is 5.73 Å². The number of carbonyl (C=O) groups excluding carboxylic acids is 1. The van der Waals surface area contributed by atoms with Crippen LogP contribution >= 0.6 is 0 Å². The summed E-state index contributed by atoms with van der Waals surface area (Å²) >= 11 is 0. The van der Waals surface area contributed by atoms with Crippen molar-refractivity contribution >= 4 is 5.91 Å². The van der Waals surface area contributed by atoms with Crippen LogP contribution in [0.4, 0.5) is 0 Å². The summed E-state index contributed by atoms with van der Waals surface area (Å²) in [4.78, 5) is 12.2. The molecule has 0 aromatic heterocycles. The predicted molar refractivity (Wildman–Crippen MR) is 80.0 cm³/mol. The second-order valence-corrected chi connectivity index (χ2v) is 5.78. The summed E-state index contributed by atoms with van der Waals surface area (Å²) in [5.74, 6) is -0.0824. The molecular weight excluding hydrogens is 236 g/mol. The fourth-order valence-electron chi connectivity index (χ4n) is 2.34. The van der Waals surface area contributed by atoms with Gasteiger partial charge in [0.15, 0.2) is 0 Å². The molecule has 3 heteroatoms. The highest BCUT2D eigenvalue weighted by atomic mass is 16.2. The van der Waals surface area contributed by atoms with Crippen molar-refractivity contribution in [3.05, 3.63) is 34.9 Å². The molecule has 1 aromatic rings. The minimum atomic E-state index is -0.790. The van der Waals surface area contributed by atoms with Crippen molar-refractivity contribution in [2.75, 3.05) is 0 Å². The molecule has 0 aliphatic rings. The molecule has 0 saturated carbocycles.